The number of fused-ring (bicyclic) bond motifs is 2. The number of nitrogens with one attached hydrogen (secondary N) is 1. The van der Waals surface area contributed by atoms with E-state index in [-0.39, 0.29) is 23.7 Å². The van der Waals surface area contributed by atoms with E-state index < -0.39 is 0 Å². The zero-order valence-electron chi connectivity index (χ0n) is 17.8. The number of benzene rings is 1. The van der Waals surface area contributed by atoms with Crippen molar-refractivity contribution >= 4 is 56.0 Å². The predicted molar refractivity (Wildman–Crippen MR) is 132 cm³/mol. The summed E-state index contributed by atoms with van der Waals surface area (Å²) >= 11 is 3.57. The number of H-pyrrole nitrogens is 1. The lowest BCUT2D eigenvalue weighted by atomic mass is 9.99. The third-order valence-corrected chi connectivity index (χ3v) is 6.65. The Labute approximate surface area is 198 Å². The van der Waals surface area contributed by atoms with Gasteiger partial charge in [-0.15, -0.1) is 12.4 Å². The van der Waals surface area contributed by atoms with Crippen LogP contribution < -0.4 is 11.2 Å². The Morgan fingerprint density at radius 1 is 1.16 bits per heavy atom. The van der Waals surface area contributed by atoms with Crippen molar-refractivity contribution in [1.29, 1.82) is 0 Å². The second-order valence-corrected chi connectivity index (χ2v) is 8.90. The second-order valence-electron chi connectivity index (χ2n) is 7.99. The van der Waals surface area contributed by atoms with E-state index in [1.807, 2.05) is 10.6 Å². The average molecular weight is 520 g/mol. The van der Waals surface area contributed by atoms with Gasteiger partial charge in [0.2, 0.25) is 0 Å². The van der Waals surface area contributed by atoms with Gasteiger partial charge in [-0.05, 0) is 30.2 Å². The number of halogens is 2. The molecule has 0 spiro atoms. The standard InChI is InChI=1S/C22H23BrN6O2.ClH/c1-26-20-19(21(30)27(2)22(26)31)29(13-25-20)10-9-28-7-5-14(6-8-28)17-12-24-18-4-3-15(23)11-16(17)18;/h3-5,11-13,24H,6-10H2,1-2H3;1H. The summed E-state index contributed by atoms with van der Waals surface area (Å²) in [6.45, 7) is 3.27. The van der Waals surface area contributed by atoms with Crippen LogP contribution in [-0.2, 0) is 20.6 Å². The van der Waals surface area contributed by atoms with Crippen molar-refractivity contribution in [2.75, 3.05) is 19.6 Å². The molecule has 1 aromatic carbocycles. The van der Waals surface area contributed by atoms with Crippen molar-refractivity contribution in [1.82, 2.24) is 28.6 Å². The maximum absolute atomic E-state index is 12.6. The summed E-state index contributed by atoms with van der Waals surface area (Å²) in [5.74, 6) is 0. The van der Waals surface area contributed by atoms with Crippen LogP contribution in [0.15, 0.2) is 50.9 Å². The Balaban J connectivity index is 0.00000245. The lowest BCUT2D eigenvalue weighted by Gasteiger charge is -2.26. The Kier molecular flexibility index (Phi) is 6.15. The fourth-order valence-electron chi connectivity index (χ4n) is 4.33. The van der Waals surface area contributed by atoms with Crippen molar-refractivity contribution in [3.8, 4) is 0 Å². The zero-order valence-corrected chi connectivity index (χ0v) is 20.2. The van der Waals surface area contributed by atoms with Crippen LogP contribution >= 0.6 is 28.3 Å². The molecule has 32 heavy (non-hydrogen) atoms. The third-order valence-electron chi connectivity index (χ3n) is 6.16. The van der Waals surface area contributed by atoms with Gasteiger partial charge < -0.3 is 9.55 Å². The van der Waals surface area contributed by atoms with Gasteiger partial charge >= 0.3 is 5.69 Å². The Morgan fingerprint density at radius 3 is 2.72 bits per heavy atom. The fraction of sp³-hybridized carbons (Fsp3) is 0.318. The predicted octanol–water partition coefficient (Wildman–Crippen LogP) is 2.89. The SMILES string of the molecule is Cl.Cn1c(=O)c2c(ncn2CCN2CC=C(c3c[nH]c4ccc(Br)cc34)CC2)n(C)c1=O. The highest BCUT2D eigenvalue weighted by Gasteiger charge is 2.18. The number of rotatable bonds is 4. The van der Waals surface area contributed by atoms with Gasteiger partial charge in [0.05, 0.1) is 6.33 Å². The molecule has 0 atom stereocenters. The van der Waals surface area contributed by atoms with Crippen molar-refractivity contribution in [2.45, 2.75) is 13.0 Å². The monoisotopic (exact) mass is 518 g/mol. The third kappa shape index (κ3) is 3.74. The number of hydrogen-bond donors (Lipinski definition) is 1. The number of aromatic amines is 1. The maximum Gasteiger partial charge on any atom is 0.332 e. The van der Waals surface area contributed by atoms with Crippen LogP contribution in [0.3, 0.4) is 0 Å². The number of nitrogens with zero attached hydrogens (tertiary/aromatic N) is 5. The highest BCUT2D eigenvalue weighted by molar-refractivity contribution is 9.10. The molecule has 0 fully saturated rings. The van der Waals surface area contributed by atoms with Gasteiger partial charge in [0.15, 0.2) is 11.2 Å². The van der Waals surface area contributed by atoms with Crippen LogP contribution in [0.1, 0.15) is 12.0 Å². The van der Waals surface area contributed by atoms with Crippen LogP contribution in [0.2, 0.25) is 0 Å². The minimum Gasteiger partial charge on any atom is -0.361 e. The fourth-order valence-corrected chi connectivity index (χ4v) is 4.69. The van der Waals surface area contributed by atoms with E-state index in [1.165, 1.54) is 28.1 Å². The van der Waals surface area contributed by atoms with E-state index in [2.05, 4.69) is 55.2 Å². The normalized spacial score (nSPS) is 14.7. The quantitative estimate of drug-likeness (QED) is 0.450. The molecule has 0 unspecified atom stereocenters. The molecule has 0 radical (unpaired) electrons. The van der Waals surface area contributed by atoms with Gasteiger partial charge in [0.25, 0.3) is 5.56 Å². The summed E-state index contributed by atoms with van der Waals surface area (Å²) < 4.78 is 5.49. The molecule has 8 nitrogen and oxygen atoms in total. The summed E-state index contributed by atoms with van der Waals surface area (Å²) in [5, 5.41) is 1.24. The first kappa shape index (κ1) is 22.6. The Hall–Kier alpha value is -2.62. The maximum atomic E-state index is 12.6. The summed E-state index contributed by atoms with van der Waals surface area (Å²) in [5.41, 5.74) is 4.01. The lowest BCUT2D eigenvalue weighted by molar-refractivity contribution is 0.290. The Morgan fingerprint density at radius 2 is 1.97 bits per heavy atom. The molecular weight excluding hydrogens is 496 g/mol. The number of aromatic nitrogens is 5. The minimum atomic E-state index is -0.360. The van der Waals surface area contributed by atoms with Crippen molar-refractivity contribution in [3.05, 3.63) is 67.7 Å². The van der Waals surface area contributed by atoms with Crippen molar-refractivity contribution in [2.24, 2.45) is 14.1 Å². The van der Waals surface area contributed by atoms with Crippen molar-refractivity contribution in [3.63, 3.8) is 0 Å². The molecule has 0 amide bonds. The zero-order chi connectivity index (χ0) is 21.7. The van der Waals surface area contributed by atoms with Gasteiger partial charge in [-0.2, -0.15) is 0 Å². The second kappa shape index (κ2) is 8.73. The molecule has 0 aliphatic carbocycles. The highest BCUT2D eigenvalue weighted by Crippen LogP contribution is 2.31. The van der Waals surface area contributed by atoms with Gasteiger partial charge in [0.1, 0.15) is 0 Å². The summed E-state index contributed by atoms with van der Waals surface area (Å²) in [7, 11) is 3.14. The topological polar surface area (TPSA) is 80.8 Å². The number of aryl methyl sites for hydroxylation is 1. The van der Waals surface area contributed by atoms with E-state index in [0.717, 1.165) is 40.6 Å². The minimum absolute atomic E-state index is 0. The molecule has 10 heteroatoms. The van der Waals surface area contributed by atoms with Gasteiger partial charge in [-0.3, -0.25) is 18.8 Å². The molecule has 1 N–H and O–H groups in total. The summed E-state index contributed by atoms with van der Waals surface area (Å²) in [6.07, 6.45) is 7.01. The Bertz CT molecular complexity index is 1460. The first-order valence-corrected chi connectivity index (χ1v) is 11.0. The van der Waals surface area contributed by atoms with Gasteiger partial charge in [-0.25, -0.2) is 9.78 Å². The van der Waals surface area contributed by atoms with Crippen LogP contribution in [-0.4, -0.2) is 48.2 Å². The largest absolute Gasteiger partial charge is 0.361 e. The van der Waals surface area contributed by atoms with Crippen LogP contribution in [0, 0.1) is 0 Å². The summed E-state index contributed by atoms with van der Waals surface area (Å²) in [4.78, 5) is 34.7. The number of hydrogen-bond acceptors (Lipinski definition) is 4. The molecule has 1 aliphatic rings. The molecule has 4 aromatic rings. The molecule has 0 saturated heterocycles. The molecule has 0 bridgehead atoms. The van der Waals surface area contributed by atoms with E-state index in [4.69, 9.17) is 0 Å². The highest BCUT2D eigenvalue weighted by atomic mass is 79.9. The lowest BCUT2D eigenvalue weighted by Crippen LogP contribution is -2.38. The molecule has 1 aliphatic heterocycles. The first-order chi connectivity index (χ1) is 14.9. The molecule has 168 valence electrons. The average Bonchev–Trinajstić information content (AvgIpc) is 3.39. The van der Waals surface area contributed by atoms with Crippen molar-refractivity contribution < 1.29 is 0 Å². The summed E-state index contributed by atoms with van der Waals surface area (Å²) in [6, 6.07) is 6.30. The van der Waals surface area contributed by atoms with E-state index in [0.29, 0.717) is 17.7 Å². The molecule has 5 rings (SSSR count). The molecule has 3 aromatic heterocycles. The van der Waals surface area contributed by atoms with Gasteiger partial charge in [0, 0.05) is 67.4 Å². The molecule has 4 heterocycles. The van der Waals surface area contributed by atoms with Crippen LogP contribution in [0.5, 0.6) is 0 Å². The van der Waals surface area contributed by atoms with Crippen LogP contribution in [0.4, 0.5) is 0 Å². The molecule has 0 saturated carbocycles. The molecular formula is C22H24BrClN6O2. The van der Waals surface area contributed by atoms with Crippen LogP contribution in [0.25, 0.3) is 27.6 Å². The number of imidazole rings is 1. The van der Waals surface area contributed by atoms with Gasteiger partial charge in [-0.1, -0.05) is 22.0 Å². The smallest absolute Gasteiger partial charge is 0.332 e. The first-order valence-electron chi connectivity index (χ1n) is 10.2. The van der Waals surface area contributed by atoms with E-state index >= 15 is 0 Å². The van der Waals surface area contributed by atoms with E-state index in [1.54, 1.807) is 13.4 Å². The van der Waals surface area contributed by atoms with E-state index in [9.17, 15) is 9.59 Å².